The van der Waals surface area contributed by atoms with Crippen LogP contribution in [0.4, 0.5) is 13.2 Å². The number of benzene rings is 1. The lowest BCUT2D eigenvalue weighted by Gasteiger charge is -2.23. The second kappa shape index (κ2) is 6.94. The van der Waals surface area contributed by atoms with E-state index in [4.69, 9.17) is 0 Å². The lowest BCUT2D eigenvalue weighted by atomic mass is 9.94. The molecule has 19 heavy (non-hydrogen) atoms. The average Bonchev–Trinajstić information content (AvgIpc) is 2.33. The molecule has 1 rings (SSSR count). The third-order valence-electron chi connectivity index (χ3n) is 3.12. The Labute approximate surface area is 113 Å². The van der Waals surface area contributed by atoms with Crippen LogP contribution < -0.4 is 5.32 Å². The topological polar surface area (TPSA) is 12.0 Å². The van der Waals surface area contributed by atoms with Crippen LogP contribution in [0.5, 0.6) is 0 Å². The Bertz CT molecular complexity index is 385. The van der Waals surface area contributed by atoms with Gasteiger partial charge < -0.3 is 5.32 Å². The summed E-state index contributed by atoms with van der Waals surface area (Å²) in [6.45, 7) is 6.74. The maximum atomic E-state index is 13.0. The van der Waals surface area contributed by atoms with Gasteiger partial charge in [-0.2, -0.15) is 13.2 Å². The molecule has 4 heteroatoms. The highest BCUT2D eigenvalue weighted by atomic mass is 19.4. The summed E-state index contributed by atoms with van der Waals surface area (Å²) in [6, 6.07) is 5.62. The van der Waals surface area contributed by atoms with Crippen molar-refractivity contribution < 1.29 is 13.2 Å². The van der Waals surface area contributed by atoms with Gasteiger partial charge in [-0.25, -0.2) is 0 Å². The van der Waals surface area contributed by atoms with Gasteiger partial charge in [-0.1, -0.05) is 39.0 Å². The van der Waals surface area contributed by atoms with E-state index in [1.165, 1.54) is 6.07 Å². The third kappa shape index (κ3) is 4.86. The van der Waals surface area contributed by atoms with Gasteiger partial charge in [-0.3, -0.25) is 0 Å². The first kappa shape index (κ1) is 16.0. The van der Waals surface area contributed by atoms with Crippen molar-refractivity contribution in [1.82, 2.24) is 5.32 Å². The molecule has 0 fully saturated rings. The maximum Gasteiger partial charge on any atom is 0.416 e. The smallest absolute Gasteiger partial charge is 0.310 e. The highest BCUT2D eigenvalue weighted by Gasteiger charge is 2.34. The molecule has 0 saturated carbocycles. The summed E-state index contributed by atoms with van der Waals surface area (Å²) in [7, 11) is 0. The molecule has 0 spiro atoms. The summed E-state index contributed by atoms with van der Waals surface area (Å²) in [6.07, 6.45) is -2.66. The van der Waals surface area contributed by atoms with Gasteiger partial charge in [0.15, 0.2) is 0 Å². The van der Waals surface area contributed by atoms with E-state index >= 15 is 0 Å². The first-order valence-corrected chi connectivity index (χ1v) is 6.75. The normalized spacial score (nSPS) is 13.8. The average molecular weight is 273 g/mol. The minimum absolute atomic E-state index is 0.231. The van der Waals surface area contributed by atoms with E-state index in [9.17, 15) is 13.2 Å². The molecule has 1 unspecified atom stereocenters. The van der Waals surface area contributed by atoms with Crippen molar-refractivity contribution in [3.63, 3.8) is 0 Å². The molecule has 1 nitrogen and oxygen atoms in total. The summed E-state index contributed by atoms with van der Waals surface area (Å²) in [5.74, 6) is 0.485. The Balaban J connectivity index is 3.01. The Hall–Kier alpha value is -1.03. The SMILES string of the molecule is CCNC(CCC(C)C)c1ccccc1C(F)(F)F. The lowest BCUT2D eigenvalue weighted by molar-refractivity contribution is -0.138. The number of alkyl halides is 3. The maximum absolute atomic E-state index is 13.0. The second-order valence-corrected chi connectivity index (χ2v) is 5.17. The molecule has 0 aliphatic rings. The van der Waals surface area contributed by atoms with Gasteiger partial charge in [0.25, 0.3) is 0 Å². The molecule has 0 aliphatic heterocycles. The van der Waals surface area contributed by atoms with E-state index in [1.54, 1.807) is 12.1 Å². The predicted molar refractivity (Wildman–Crippen MR) is 71.9 cm³/mol. The van der Waals surface area contributed by atoms with Crippen molar-refractivity contribution in [3.05, 3.63) is 35.4 Å². The van der Waals surface area contributed by atoms with Gasteiger partial charge in [0.2, 0.25) is 0 Å². The van der Waals surface area contributed by atoms with E-state index in [0.29, 0.717) is 18.0 Å². The first-order valence-electron chi connectivity index (χ1n) is 6.75. The zero-order valence-electron chi connectivity index (χ0n) is 11.7. The fourth-order valence-corrected chi connectivity index (χ4v) is 2.17. The summed E-state index contributed by atoms with van der Waals surface area (Å²) in [4.78, 5) is 0. The first-order chi connectivity index (χ1) is 8.86. The molecule has 0 aromatic heterocycles. The predicted octanol–water partition coefficient (Wildman–Crippen LogP) is 4.79. The number of nitrogens with one attached hydrogen (secondary N) is 1. The number of hydrogen-bond donors (Lipinski definition) is 1. The molecular weight excluding hydrogens is 251 g/mol. The quantitative estimate of drug-likeness (QED) is 0.785. The van der Waals surface area contributed by atoms with Crippen molar-refractivity contribution in [2.24, 2.45) is 5.92 Å². The summed E-state index contributed by atoms with van der Waals surface area (Å²) < 4.78 is 39.1. The molecular formula is C15H22F3N. The minimum atomic E-state index is -4.29. The van der Waals surface area contributed by atoms with Crippen LogP contribution in [0.1, 0.15) is 50.8 Å². The van der Waals surface area contributed by atoms with Crippen LogP contribution in [-0.2, 0) is 6.18 Å². The number of halogens is 3. The summed E-state index contributed by atoms with van der Waals surface area (Å²) in [5, 5.41) is 3.17. The molecule has 0 heterocycles. The van der Waals surface area contributed by atoms with E-state index in [2.05, 4.69) is 19.2 Å². The van der Waals surface area contributed by atoms with E-state index in [-0.39, 0.29) is 6.04 Å². The fourth-order valence-electron chi connectivity index (χ4n) is 2.17. The van der Waals surface area contributed by atoms with Gasteiger partial charge in [0.05, 0.1) is 5.56 Å². The molecule has 0 aliphatic carbocycles. The molecule has 0 amide bonds. The van der Waals surface area contributed by atoms with Gasteiger partial charge in [-0.05, 0) is 36.9 Å². The Kier molecular flexibility index (Phi) is 5.85. The highest BCUT2D eigenvalue weighted by molar-refractivity contribution is 5.32. The molecule has 1 aromatic rings. The molecule has 1 N–H and O–H groups in total. The molecule has 1 aromatic carbocycles. The Morgan fingerprint density at radius 1 is 1.11 bits per heavy atom. The summed E-state index contributed by atoms with van der Waals surface area (Å²) in [5.41, 5.74) is -0.165. The lowest BCUT2D eigenvalue weighted by Crippen LogP contribution is -2.24. The van der Waals surface area contributed by atoms with Crippen molar-refractivity contribution in [1.29, 1.82) is 0 Å². The largest absolute Gasteiger partial charge is 0.416 e. The van der Waals surface area contributed by atoms with Crippen LogP contribution in [0.2, 0.25) is 0 Å². The van der Waals surface area contributed by atoms with Gasteiger partial charge in [0.1, 0.15) is 0 Å². The highest BCUT2D eigenvalue weighted by Crippen LogP contribution is 2.35. The zero-order chi connectivity index (χ0) is 14.5. The molecule has 0 radical (unpaired) electrons. The molecule has 0 bridgehead atoms. The van der Waals surface area contributed by atoms with Crippen molar-refractivity contribution >= 4 is 0 Å². The second-order valence-electron chi connectivity index (χ2n) is 5.17. The van der Waals surface area contributed by atoms with Crippen LogP contribution in [-0.4, -0.2) is 6.54 Å². The van der Waals surface area contributed by atoms with E-state index in [1.807, 2.05) is 6.92 Å². The van der Waals surface area contributed by atoms with Crippen molar-refractivity contribution in [2.75, 3.05) is 6.54 Å². The minimum Gasteiger partial charge on any atom is -0.310 e. The number of hydrogen-bond acceptors (Lipinski definition) is 1. The monoisotopic (exact) mass is 273 g/mol. The van der Waals surface area contributed by atoms with Crippen LogP contribution in [0.3, 0.4) is 0 Å². The zero-order valence-corrected chi connectivity index (χ0v) is 11.7. The van der Waals surface area contributed by atoms with Gasteiger partial charge in [-0.15, -0.1) is 0 Å². The van der Waals surface area contributed by atoms with Crippen LogP contribution in [0.25, 0.3) is 0 Å². The fraction of sp³-hybridized carbons (Fsp3) is 0.600. The van der Waals surface area contributed by atoms with E-state index in [0.717, 1.165) is 18.9 Å². The van der Waals surface area contributed by atoms with Crippen molar-refractivity contribution in [3.8, 4) is 0 Å². The van der Waals surface area contributed by atoms with Gasteiger partial charge >= 0.3 is 6.18 Å². The Morgan fingerprint density at radius 2 is 1.74 bits per heavy atom. The molecule has 0 saturated heterocycles. The van der Waals surface area contributed by atoms with E-state index < -0.39 is 11.7 Å². The summed E-state index contributed by atoms with van der Waals surface area (Å²) >= 11 is 0. The standard InChI is InChI=1S/C15H22F3N/c1-4-19-14(10-9-11(2)3)12-7-5-6-8-13(12)15(16,17)18/h5-8,11,14,19H,4,9-10H2,1-3H3. The van der Waals surface area contributed by atoms with Crippen LogP contribution in [0.15, 0.2) is 24.3 Å². The van der Waals surface area contributed by atoms with Crippen LogP contribution in [0, 0.1) is 5.92 Å². The number of rotatable bonds is 6. The Morgan fingerprint density at radius 3 is 2.26 bits per heavy atom. The molecule has 108 valence electrons. The van der Waals surface area contributed by atoms with Crippen molar-refractivity contribution in [2.45, 2.75) is 45.8 Å². The molecule has 1 atom stereocenters. The van der Waals surface area contributed by atoms with Gasteiger partial charge in [0, 0.05) is 6.04 Å². The third-order valence-corrected chi connectivity index (χ3v) is 3.12. The van der Waals surface area contributed by atoms with Crippen LogP contribution >= 0.6 is 0 Å².